The zero-order valence-electron chi connectivity index (χ0n) is 17.0. The van der Waals surface area contributed by atoms with E-state index in [2.05, 4.69) is 40.7 Å². The lowest BCUT2D eigenvalue weighted by molar-refractivity contribution is 0.140. The minimum absolute atomic E-state index is 0. The Kier molecular flexibility index (Phi) is 9.53. The maximum absolute atomic E-state index is 9.40. The Morgan fingerprint density at radius 2 is 2.00 bits per heavy atom. The highest BCUT2D eigenvalue weighted by Crippen LogP contribution is 2.23. The summed E-state index contributed by atoms with van der Waals surface area (Å²) in [4.78, 5) is 4.63. The van der Waals surface area contributed by atoms with Crippen molar-refractivity contribution >= 4 is 29.9 Å². The summed E-state index contributed by atoms with van der Waals surface area (Å²) in [6.07, 6.45) is 1.05. The molecule has 0 bridgehead atoms. The van der Waals surface area contributed by atoms with Crippen LogP contribution in [0.3, 0.4) is 0 Å². The average Bonchev–Trinajstić information content (AvgIpc) is 3.19. The molecule has 0 aliphatic carbocycles. The van der Waals surface area contributed by atoms with Gasteiger partial charge in [-0.25, -0.2) is 4.99 Å². The van der Waals surface area contributed by atoms with E-state index in [9.17, 15) is 5.11 Å². The Morgan fingerprint density at radius 1 is 1.21 bits per heavy atom. The first-order valence-electron chi connectivity index (χ1n) is 9.78. The van der Waals surface area contributed by atoms with E-state index in [0.717, 1.165) is 42.4 Å². The van der Waals surface area contributed by atoms with Crippen molar-refractivity contribution in [3.8, 4) is 11.5 Å². The first-order chi connectivity index (χ1) is 13.6. The lowest BCUT2D eigenvalue weighted by atomic mass is 10.1. The maximum Gasteiger partial charge on any atom is 0.191 e. The smallest absolute Gasteiger partial charge is 0.191 e. The van der Waals surface area contributed by atoms with Crippen molar-refractivity contribution in [3.05, 3.63) is 59.2 Å². The van der Waals surface area contributed by atoms with Crippen molar-refractivity contribution in [2.75, 3.05) is 19.8 Å². The lowest BCUT2D eigenvalue weighted by Crippen LogP contribution is -2.37. The molecule has 1 aliphatic heterocycles. The second kappa shape index (κ2) is 11.9. The van der Waals surface area contributed by atoms with E-state index in [4.69, 9.17) is 9.47 Å². The Morgan fingerprint density at radius 3 is 2.69 bits per heavy atom. The van der Waals surface area contributed by atoms with E-state index in [1.165, 1.54) is 5.56 Å². The molecule has 1 fully saturated rings. The molecule has 0 radical (unpaired) electrons. The number of halogens is 1. The largest absolute Gasteiger partial charge is 0.508 e. The zero-order valence-corrected chi connectivity index (χ0v) is 19.3. The minimum Gasteiger partial charge on any atom is -0.508 e. The van der Waals surface area contributed by atoms with E-state index < -0.39 is 0 Å². The number of nitrogens with one attached hydrogen (secondary N) is 2. The number of hydrogen-bond donors (Lipinski definition) is 3. The minimum atomic E-state index is 0. The van der Waals surface area contributed by atoms with Gasteiger partial charge in [0.05, 0.1) is 19.8 Å². The van der Waals surface area contributed by atoms with Crippen LogP contribution < -0.4 is 15.4 Å². The van der Waals surface area contributed by atoms with Crippen molar-refractivity contribution in [1.29, 1.82) is 0 Å². The molecular formula is C22H30IN3O3. The predicted octanol–water partition coefficient (Wildman–Crippen LogP) is 3.74. The SMILES string of the molecule is CCNC(=NCc1ccc(O)cc1)NCc1ccc(C)cc1OC1CCOC1.I. The molecule has 158 valence electrons. The van der Waals surface area contributed by atoms with Gasteiger partial charge in [-0.05, 0) is 43.2 Å². The standard InChI is InChI=1S/C22H29N3O3.HI/c1-3-23-22(24-13-17-5-8-19(26)9-6-17)25-14-18-7-4-16(2)12-21(18)28-20-10-11-27-15-20;/h4-9,12,20,26H,3,10-11,13-15H2,1-2H3,(H2,23,24,25);1H. The number of aromatic hydroxyl groups is 1. The normalized spacial score (nSPS) is 16.2. The van der Waals surface area contributed by atoms with E-state index in [-0.39, 0.29) is 35.8 Å². The summed E-state index contributed by atoms with van der Waals surface area (Å²) in [6.45, 7) is 7.45. The fourth-order valence-electron chi connectivity index (χ4n) is 3.00. The second-order valence-corrected chi connectivity index (χ2v) is 6.93. The molecule has 1 heterocycles. The Labute approximate surface area is 189 Å². The number of guanidine groups is 1. The zero-order chi connectivity index (χ0) is 19.8. The van der Waals surface area contributed by atoms with Crippen molar-refractivity contribution < 1.29 is 14.6 Å². The third-order valence-corrected chi connectivity index (χ3v) is 4.55. The van der Waals surface area contributed by atoms with Crippen LogP contribution >= 0.6 is 24.0 Å². The topological polar surface area (TPSA) is 75.1 Å². The summed E-state index contributed by atoms with van der Waals surface area (Å²) in [5.41, 5.74) is 3.30. The van der Waals surface area contributed by atoms with Gasteiger partial charge >= 0.3 is 0 Å². The molecule has 1 unspecified atom stereocenters. The molecule has 1 aliphatic rings. The van der Waals surface area contributed by atoms with Crippen LogP contribution in [0, 0.1) is 6.92 Å². The van der Waals surface area contributed by atoms with Crippen LogP contribution in [0.1, 0.15) is 30.0 Å². The average molecular weight is 511 g/mol. The highest BCUT2D eigenvalue weighted by molar-refractivity contribution is 14.0. The molecular weight excluding hydrogens is 481 g/mol. The summed E-state index contributed by atoms with van der Waals surface area (Å²) in [7, 11) is 0. The molecule has 2 aromatic rings. The number of phenols is 1. The molecule has 0 spiro atoms. The summed E-state index contributed by atoms with van der Waals surface area (Å²) < 4.78 is 11.6. The van der Waals surface area contributed by atoms with E-state index in [1.54, 1.807) is 12.1 Å². The first-order valence-corrected chi connectivity index (χ1v) is 9.78. The van der Waals surface area contributed by atoms with Crippen molar-refractivity contribution in [3.63, 3.8) is 0 Å². The molecule has 2 aromatic carbocycles. The van der Waals surface area contributed by atoms with Crippen LogP contribution in [0.25, 0.3) is 0 Å². The lowest BCUT2D eigenvalue weighted by Gasteiger charge is -2.18. The quantitative estimate of drug-likeness (QED) is 0.300. The Bertz CT molecular complexity index is 790. The maximum atomic E-state index is 9.40. The van der Waals surface area contributed by atoms with Crippen LogP contribution in [0.15, 0.2) is 47.5 Å². The summed E-state index contributed by atoms with van der Waals surface area (Å²) >= 11 is 0. The number of nitrogens with zero attached hydrogens (tertiary/aromatic N) is 1. The molecule has 0 aromatic heterocycles. The first kappa shape index (κ1) is 23.3. The molecule has 6 nitrogen and oxygen atoms in total. The molecule has 3 rings (SSSR count). The van der Waals surface area contributed by atoms with Crippen LogP contribution in [0.2, 0.25) is 0 Å². The number of ether oxygens (including phenoxy) is 2. The number of aryl methyl sites for hydroxylation is 1. The number of rotatable bonds is 7. The van der Waals surface area contributed by atoms with Crippen LogP contribution in [-0.2, 0) is 17.8 Å². The van der Waals surface area contributed by atoms with Crippen molar-refractivity contribution in [2.45, 2.75) is 39.5 Å². The van der Waals surface area contributed by atoms with Crippen LogP contribution in [-0.4, -0.2) is 36.9 Å². The number of benzene rings is 2. The van der Waals surface area contributed by atoms with Gasteiger partial charge in [0.1, 0.15) is 17.6 Å². The molecule has 1 atom stereocenters. The number of aliphatic imine (C=N–C) groups is 1. The fraction of sp³-hybridized carbons (Fsp3) is 0.409. The van der Waals surface area contributed by atoms with Gasteiger partial charge in [0.2, 0.25) is 0 Å². The summed E-state index contributed by atoms with van der Waals surface area (Å²) in [6, 6.07) is 13.4. The molecule has 29 heavy (non-hydrogen) atoms. The summed E-state index contributed by atoms with van der Waals surface area (Å²) in [5.74, 6) is 1.90. The number of phenolic OH excluding ortho intramolecular Hbond substituents is 1. The van der Waals surface area contributed by atoms with Gasteiger partial charge in [0, 0.05) is 25.1 Å². The van der Waals surface area contributed by atoms with Gasteiger partial charge in [0.15, 0.2) is 5.96 Å². The number of hydrogen-bond acceptors (Lipinski definition) is 4. The molecule has 7 heteroatoms. The van der Waals surface area contributed by atoms with Gasteiger partial charge in [0.25, 0.3) is 0 Å². The second-order valence-electron chi connectivity index (χ2n) is 6.93. The fourth-order valence-corrected chi connectivity index (χ4v) is 3.00. The van der Waals surface area contributed by atoms with Gasteiger partial charge in [-0.15, -0.1) is 24.0 Å². The van der Waals surface area contributed by atoms with Crippen molar-refractivity contribution in [1.82, 2.24) is 10.6 Å². The van der Waals surface area contributed by atoms with Gasteiger partial charge in [-0.3, -0.25) is 0 Å². The molecule has 3 N–H and O–H groups in total. The van der Waals surface area contributed by atoms with Gasteiger partial charge in [-0.1, -0.05) is 24.3 Å². The predicted molar refractivity (Wildman–Crippen MR) is 126 cm³/mol. The van der Waals surface area contributed by atoms with Gasteiger partial charge in [-0.2, -0.15) is 0 Å². The molecule has 1 saturated heterocycles. The van der Waals surface area contributed by atoms with E-state index >= 15 is 0 Å². The highest BCUT2D eigenvalue weighted by Gasteiger charge is 2.18. The third kappa shape index (κ3) is 7.40. The van der Waals surface area contributed by atoms with Crippen LogP contribution in [0.5, 0.6) is 11.5 Å². The molecule has 0 amide bonds. The van der Waals surface area contributed by atoms with E-state index in [0.29, 0.717) is 19.7 Å². The monoisotopic (exact) mass is 511 g/mol. The van der Waals surface area contributed by atoms with E-state index in [1.807, 2.05) is 19.1 Å². The summed E-state index contributed by atoms with van der Waals surface area (Å²) in [5, 5.41) is 16.0. The Hall–Kier alpha value is -2.00. The Balaban J connectivity index is 0.00000300. The highest BCUT2D eigenvalue weighted by atomic mass is 127. The van der Waals surface area contributed by atoms with Crippen molar-refractivity contribution in [2.24, 2.45) is 4.99 Å². The van der Waals surface area contributed by atoms with Crippen LogP contribution in [0.4, 0.5) is 0 Å². The third-order valence-electron chi connectivity index (χ3n) is 4.55. The molecule has 0 saturated carbocycles. The van der Waals surface area contributed by atoms with Gasteiger partial charge < -0.3 is 25.2 Å².